The summed E-state index contributed by atoms with van der Waals surface area (Å²) in [6.07, 6.45) is 1.53. The van der Waals surface area contributed by atoms with Crippen molar-refractivity contribution in [3.05, 3.63) is 0 Å². The summed E-state index contributed by atoms with van der Waals surface area (Å²) in [7, 11) is 0. The van der Waals surface area contributed by atoms with E-state index in [4.69, 9.17) is 10.8 Å². The molecule has 0 radical (unpaired) electrons. The monoisotopic (exact) mass is 131 g/mol. The lowest BCUT2D eigenvalue weighted by Gasteiger charge is -2.11. The van der Waals surface area contributed by atoms with Crippen molar-refractivity contribution in [1.29, 1.82) is 0 Å². The van der Waals surface area contributed by atoms with Crippen LogP contribution >= 0.6 is 0 Å². The normalized spacial score (nSPS) is 17.3. The highest BCUT2D eigenvalue weighted by atomic mass is 16.3. The summed E-state index contributed by atoms with van der Waals surface area (Å²) in [5.41, 5.74) is 5.36. The molecule has 2 atom stereocenters. The van der Waals surface area contributed by atoms with Crippen LogP contribution in [0.25, 0.3) is 0 Å². The Morgan fingerprint density at radius 1 is 1.56 bits per heavy atom. The molecule has 0 fully saturated rings. The third kappa shape index (κ3) is 4.43. The van der Waals surface area contributed by atoms with Gasteiger partial charge >= 0.3 is 0 Å². The summed E-state index contributed by atoms with van der Waals surface area (Å²) in [6.45, 7) is 4.71. The van der Waals surface area contributed by atoms with E-state index in [-0.39, 0.29) is 6.10 Å². The minimum absolute atomic E-state index is 0.149. The third-order valence-electron chi connectivity index (χ3n) is 1.55. The Hall–Kier alpha value is -0.0800. The lowest BCUT2D eigenvalue weighted by Crippen LogP contribution is -2.17. The average molecular weight is 131 g/mol. The van der Waals surface area contributed by atoms with Gasteiger partial charge in [-0.25, -0.2) is 0 Å². The molecule has 56 valence electrons. The molecule has 0 spiro atoms. The van der Waals surface area contributed by atoms with Gasteiger partial charge in [0.05, 0.1) is 6.10 Å². The summed E-state index contributed by atoms with van der Waals surface area (Å²) in [4.78, 5) is 0. The van der Waals surface area contributed by atoms with E-state index < -0.39 is 0 Å². The van der Waals surface area contributed by atoms with Crippen LogP contribution in [0.1, 0.15) is 26.7 Å². The van der Waals surface area contributed by atoms with Crippen molar-refractivity contribution in [2.75, 3.05) is 6.54 Å². The predicted molar refractivity (Wildman–Crippen MR) is 39.1 cm³/mol. The second-order valence-electron chi connectivity index (χ2n) is 2.64. The molecule has 0 aliphatic carbocycles. The fourth-order valence-electron chi connectivity index (χ4n) is 0.727. The van der Waals surface area contributed by atoms with Crippen LogP contribution < -0.4 is 5.73 Å². The zero-order valence-electron chi connectivity index (χ0n) is 6.30. The fourth-order valence-corrected chi connectivity index (χ4v) is 0.727. The number of hydrogen-bond acceptors (Lipinski definition) is 2. The van der Waals surface area contributed by atoms with Crippen LogP contribution in [0, 0.1) is 5.92 Å². The number of aliphatic hydroxyl groups is 1. The van der Waals surface area contributed by atoms with Crippen LogP contribution in [0.4, 0.5) is 0 Å². The van der Waals surface area contributed by atoms with E-state index in [0.717, 1.165) is 12.8 Å². The van der Waals surface area contributed by atoms with E-state index in [1.165, 1.54) is 0 Å². The molecule has 0 aromatic heterocycles. The molecule has 0 aromatic rings. The van der Waals surface area contributed by atoms with Gasteiger partial charge in [-0.05, 0) is 25.3 Å². The molecule has 9 heavy (non-hydrogen) atoms. The highest BCUT2D eigenvalue weighted by Gasteiger charge is 2.05. The summed E-state index contributed by atoms with van der Waals surface area (Å²) < 4.78 is 0. The Balaban J connectivity index is 3.22. The summed E-state index contributed by atoms with van der Waals surface area (Å²) >= 11 is 0. The van der Waals surface area contributed by atoms with Gasteiger partial charge in [0.25, 0.3) is 0 Å². The van der Waals surface area contributed by atoms with E-state index in [0.29, 0.717) is 12.5 Å². The van der Waals surface area contributed by atoms with Gasteiger partial charge in [-0.15, -0.1) is 0 Å². The van der Waals surface area contributed by atoms with Gasteiger partial charge in [0.1, 0.15) is 0 Å². The molecule has 0 bridgehead atoms. The van der Waals surface area contributed by atoms with Gasteiger partial charge in [-0.2, -0.15) is 0 Å². The molecule has 0 rings (SSSR count). The summed E-state index contributed by atoms with van der Waals surface area (Å²) in [5.74, 6) is 0.458. The van der Waals surface area contributed by atoms with Gasteiger partial charge in [0.15, 0.2) is 0 Å². The third-order valence-corrected chi connectivity index (χ3v) is 1.55. The van der Waals surface area contributed by atoms with Crippen LogP contribution in [0.2, 0.25) is 0 Å². The summed E-state index contributed by atoms with van der Waals surface area (Å²) in [6, 6.07) is 0. The Morgan fingerprint density at radius 2 is 2.11 bits per heavy atom. The first-order valence-electron chi connectivity index (χ1n) is 3.58. The van der Waals surface area contributed by atoms with Gasteiger partial charge in [0.2, 0.25) is 0 Å². The Labute approximate surface area is 57.1 Å². The molecule has 0 aromatic carbocycles. The zero-order chi connectivity index (χ0) is 7.28. The number of rotatable bonds is 4. The number of nitrogens with two attached hydrogens (primary N) is 1. The van der Waals surface area contributed by atoms with Gasteiger partial charge in [-0.3, -0.25) is 0 Å². The zero-order valence-corrected chi connectivity index (χ0v) is 6.30. The largest absolute Gasteiger partial charge is 0.393 e. The average Bonchev–Trinajstić information content (AvgIpc) is 1.87. The van der Waals surface area contributed by atoms with Gasteiger partial charge in [0, 0.05) is 0 Å². The molecule has 0 heterocycles. The van der Waals surface area contributed by atoms with E-state index in [9.17, 15) is 0 Å². The first-order valence-corrected chi connectivity index (χ1v) is 3.58. The molecule has 0 aliphatic heterocycles. The Kier molecular flexibility index (Phi) is 4.72. The van der Waals surface area contributed by atoms with Crippen molar-refractivity contribution in [2.45, 2.75) is 32.8 Å². The Morgan fingerprint density at radius 3 is 2.44 bits per heavy atom. The highest BCUT2D eigenvalue weighted by molar-refractivity contribution is 4.59. The quantitative estimate of drug-likeness (QED) is 0.591. The number of aliphatic hydroxyl groups excluding tert-OH is 1. The van der Waals surface area contributed by atoms with Crippen LogP contribution in [-0.4, -0.2) is 17.8 Å². The van der Waals surface area contributed by atoms with Gasteiger partial charge < -0.3 is 10.8 Å². The molecule has 0 saturated heterocycles. The van der Waals surface area contributed by atoms with Crippen molar-refractivity contribution in [1.82, 2.24) is 0 Å². The van der Waals surface area contributed by atoms with Crippen LogP contribution in [0.5, 0.6) is 0 Å². The van der Waals surface area contributed by atoms with E-state index in [1.807, 2.05) is 6.92 Å². The molecular weight excluding hydrogens is 114 g/mol. The molecule has 0 saturated carbocycles. The lowest BCUT2D eigenvalue weighted by molar-refractivity contribution is 0.143. The molecule has 0 aliphatic rings. The van der Waals surface area contributed by atoms with Crippen LogP contribution in [0.15, 0.2) is 0 Å². The molecule has 2 nitrogen and oxygen atoms in total. The van der Waals surface area contributed by atoms with E-state index in [1.54, 1.807) is 0 Å². The molecule has 0 amide bonds. The van der Waals surface area contributed by atoms with Crippen LogP contribution in [0.3, 0.4) is 0 Å². The van der Waals surface area contributed by atoms with Crippen molar-refractivity contribution in [3.8, 4) is 0 Å². The van der Waals surface area contributed by atoms with E-state index >= 15 is 0 Å². The maximum Gasteiger partial charge on any atom is 0.0540 e. The summed E-state index contributed by atoms with van der Waals surface area (Å²) in [5, 5.41) is 9.10. The lowest BCUT2D eigenvalue weighted by atomic mass is 10.0. The maximum absolute atomic E-state index is 9.10. The smallest absolute Gasteiger partial charge is 0.0540 e. The second kappa shape index (κ2) is 4.77. The maximum atomic E-state index is 9.10. The molecule has 3 N–H and O–H groups in total. The first kappa shape index (κ1) is 8.92. The van der Waals surface area contributed by atoms with Crippen LogP contribution in [-0.2, 0) is 0 Å². The molecular formula is C7H17NO. The SMILES string of the molecule is CC[C@@H](O)C[C@H](C)CN. The Bertz CT molecular complexity index is 57.9. The minimum Gasteiger partial charge on any atom is -0.393 e. The van der Waals surface area contributed by atoms with Crippen molar-refractivity contribution >= 4 is 0 Å². The van der Waals surface area contributed by atoms with Crippen molar-refractivity contribution < 1.29 is 5.11 Å². The fraction of sp³-hybridized carbons (Fsp3) is 1.00. The van der Waals surface area contributed by atoms with Crippen molar-refractivity contribution in [3.63, 3.8) is 0 Å². The molecule has 0 unspecified atom stereocenters. The minimum atomic E-state index is -0.149. The predicted octanol–water partition coefficient (Wildman–Crippen LogP) is 0.742. The first-order chi connectivity index (χ1) is 4.20. The second-order valence-corrected chi connectivity index (χ2v) is 2.64. The highest BCUT2D eigenvalue weighted by Crippen LogP contribution is 2.05. The topological polar surface area (TPSA) is 46.2 Å². The standard InChI is InChI=1S/C7H17NO/c1-3-7(9)4-6(2)5-8/h6-7,9H,3-5,8H2,1-2H3/t6-,7+/m0/s1. The van der Waals surface area contributed by atoms with Gasteiger partial charge in [-0.1, -0.05) is 13.8 Å². The molecule has 2 heteroatoms. The number of hydrogen-bond donors (Lipinski definition) is 2. The van der Waals surface area contributed by atoms with Crippen molar-refractivity contribution in [2.24, 2.45) is 11.7 Å². The van der Waals surface area contributed by atoms with E-state index in [2.05, 4.69) is 6.92 Å².